The molecule has 0 saturated carbocycles. The van der Waals surface area contributed by atoms with E-state index in [0.29, 0.717) is 17.4 Å². The standard InChI is InChI=1S/C11H12N6/c1-13-11(9-5-3-7-15-9)17-16-10(12)8-4-2-6-14-8/h2-7,14-15H,1H2,(H2,12,16)/b17-11-. The number of amidine groups is 2. The van der Waals surface area contributed by atoms with Crippen molar-refractivity contribution in [3.63, 3.8) is 0 Å². The van der Waals surface area contributed by atoms with E-state index in [-0.39, 0.29) is 0 Å². The zero-order chi connectivity index (χ0) is 12.1. The maximum absolute atomic E-state index is 5.74. The molecule has 2 aromatic heterocycles. The van der Waals surface area contributed by atoms with Crippen LogP contribution in [0.25, 0.3) is 0 Å². The molecular weight excluding hydrogens is 216 g/mol. The van der Waals surface area contributed by atoms with Gasteiger partial charge >= 0.3 is 0 Å². The molecule has 0 saturated heterocycles. The Balaban J connectivity index is 2.24. The lowest BCUT2D eigenvalue weighted by atomic mass is 10.4. The van der Waals surface area contributed by atoms with Gasteiger partial charge in [-0.15, -0.1) is 10.2 Å². The number of hydrogen-bond acceptors (Lipinski definition) is 2. The van der Waals surface area contributed by atoms with Crippen molar-refractivity contribution in [2.24, 2.45) is 20.9 Å². The van der Waals surface area contributed by atoms with Gasteiger partial charge in [-0.05, 0) is 31.0 Å². The molecule has 0 aromatic carbocycles. The first-order chi connectivity index (χ1) is 8.31. The van der Waals surface area contributed by atoms with Crippen LogP contribution in [0.1, 0.15) is 11.4 Å². The van der Waals surface area contributed by atoms with Crippen molar-refractivity contribution in [3.05, 3.63) is 48.0 Å². The highest BCUT2D eigenvalue weighted by Gasteiger charge is 2.01. The number of nitrogens with zero attached hydrogens (tertiary/aromatic N) is 3. The number of aromatic nitrogens is 2. The van der Waals surface area contributed by atoms with Gasteiger partial charge in [0.25, 0.3) is 0 Å². The SMILES string of the molecule is C=N/C(=N\N=C(/N)c1ccc[nH]1)c1ccc[nH]1. The van der Waals surface area contributed by atoms with E-state index in [9.17, 15) is 0 Å². The Hall–Kier alpha value is -2.63. The van der Waals surface area contributed by atoms with Crippen LogP contribution >= 0.6 is 0 Å². The summed E-state index contributed by atoms with van der Waals surface area (Å²) in [6.45, 7) is 3.44. The van der Waals surface area contributed by atoms with Crippen LogP contribution in [0.2, 0.25) is 0 Å². The minimum Gasteiger partial charge on any atom is -0.380 e. The summed E-state index contributed by atoms with van der Waals surface area (Å²) in [5.41, 5.74) is 7.19. The molecule has 0 fully saturated rings. The van der Waals surface area contributed by atoms with Crippen LogP contribution in [-0.4, -0.2) is 28.4 Å². The second-order valence-electron chi connectivity index (χ2n) is 3.23. The summed E-state index contributed by atoms with van der Waals surface area (Å²) in [6.07, 6.45) is 3.53. The predicted molar refractivity (Wildman–Crippen MR) is 68.4 cm³/mol. The third-order valence-corrected chi connectivity index (χ3v) is 2.11. The molecule has 0 amide bonds. The molecule has 0 unspecified atom stereocenters. The molecule has 0 atom stereocenters. The number of aromatic amines is 2. The van der Waals surface area contributed by atoms with Crippen molar-refractivity contribution in [2.45, 2.75) is 0 Å². The van der Waals surface area contributed by atoms with Gasteiger partial charge in [0.05, 0.1) is 11.4 Å². The van der Waals surface area contributed by atoms with Crippen LogP contribution in [-0.2, 0) is 0 Å². The summed E-state index contributed by atoms with van der Waals surface area (Å²) in [4.78, 5) is 9.68. The van der Waals surface area contributed by atoms with Gasteiger partial charge in [-0.25, -0.2) is 4.99 Å². The van der Waals surface area contributed by atoms with E-state index in [0.717, 1.165) is 5.69 Å². The lowest BCUT2D eigenvalue weighted by molar-refractivity contribution is 1.18. The second-order valence-corrected chi connectivity index (χ2v) is 3.23. The number of aliphatic imine (C=N–C) groups is 1. The molecule has 2 heterocycles. The summed E-state index contributed by atoms with van der Waals surface area (Å²) >= 11 is 0. The van der Waals surface area contributed by atoms with Gasteiger partial charge in [-0.3, -0.25) is 0 Å². The average molecular weight is 228 g/mol. The van der Waals surface area contributed by atoms with Crippen molar-refractivity contribution in [1.82, 2.24) is 9.97 Å². The molecule has 4 N–H and O–H groups in total. The normalized spacial score (nSPS) is 12.7. The Labute approximate surface area is 98.0 Å². The van der Waals surface area contributed by atoms with Gasteiger partial charge in [0.2, 0.25) is 0 Å². The van der Waals surface area contributed by atoms with Crippen molar-refractivity contribution in [1.29, 1.82) is 0 Å². The van der Waals surface area contributed by atoms with Gasteiger partial charge in [-0.1, -0.05) is 0 Å². The van der Waals surface area contributed by atoms with E-state index >= 15 is 0 Å². The van der Waals surface area contributed by atoms with Crippen molar-refractivity contribution < 1.29 is 0 Å². The third kappa shape index (κ3) is 2.49. The van der Waals surface area contributed by atoms with Gasteiger partial charge in [-0.2, -0.15) is 0 Å². The maximum atomic E-state index is 5.74. The first kappa shape index (κ1) is 10.9. The highest BCUT2D eigenvalue weighted by Crippen LogP contribution is 2.00. The lowest BCUT2D eigenvalue weighted by Crippen LogP contribution is -2.13. The predicted octanol–water partition coefficient (Wildman–Crippen LogP) is 1.11. The maximum Gasteiger partial charge on any atom is 0.197 e. The molecule has 6 heteroatoms. The van der Waals surface area contributed by atoms with E-state index < -0.39 is 0 Å². The summed E-state index contributed by atoms with van der Waals surface area (Å²) in [5.74, 6) is 0.687. The third-order valence-electron chi connectivity index (χ3n) is 2.11. The Morgan fingerprint density at radius 3 is 2.24 bits per heavy atom. The summed E-state index contributed by atoms with van der Waals surface area (Å²) in [5, 5.41) is 7.83. The molecule has 6 nitrogen and oxygen atoms in total. The van der Waals surface area contributed by atoms with Crippen molar-refractivity contribution in [2.75, 3.05) is 0 Å². The first-order valence-corrected chi connectivity index (χ1v) is 4.96. The van der Waals surface area contributed by atoms with E-state index in [4.69, 9.17) is 5.73 Å². The smallest absolute Gasteiger partial charge is 0.197 e. The molecule has 0 spiro atoms. The van der Waals surface area contributed by atoms with E-state index in [2.05, 4.69) is 31.9 Å². The Bertz CT molecular complexity index is 533. The van der Waals surface area contributed by atoms with Crippen LogP contribution in [0.5, 0.6) is 0 Å². The fraction of sp³-hybridized carbons (Fsp3) is 0. The quantitative estimate of drug-likeness (QED) is 0.409. The van der Waals surface area contributed by atoms with Crippen LogP contribution in [0, 0.1) is 0 Å². The van der Waals surface area contributed by atoms with Crippen LogP contribution in [0.3, 0.4) is 0 Å². The van der Waals surface area contributed by atoms with Gasteiger partial charge in [0.1, 0.15) is 0 Å². The number of hydrogen-bond donors (Lipinski definition) is 3. The molecular formula is C11H12N6. The molecule has 2 rings (SSSR count). The molecule has 0 aliphatic rings. The van der Waals surface area contributed by atoms with Gasteiger partial charge in [0.15, 0.2) is 11.7 Å². The lowest BCUT2D eigenvalue weighted by Gasteiger charge is -1.95. The average Bonchev–Trinajstić information content (AvgIpc) is 3.02. The largest absolute Gasteiger partial charge is 0.380 e. The zero-order valence-electron chi connectivity index (χ0n) is 9.09. The molecule has 2 aromatic rings. The molecule has 0 bridgehead atoms. The van der Waals surface area contributed by atoms with Crippen LogP contribution in [0.4, 0.5) is 0 Å². The summed E-state index contributed by atoms with van der Waals surface area (Å²) in [7, 11) is 0. The summed E-state index contributed by atoms with van der Waals surface area (Å²) < 4.78 is 0. The minimum atomic E-state index is 0.294. The molecule has 86 valence electrons. The van der Waals surface area contributed by atoms with Crippen LogP contribution < -0.4 is 5.73 Å². The summed E-state index contributed by atoms with van der Waals surface area (Å²) in [6, 6.07) is 7.31. The fourth-order valence-corrected chi connectivity index (χ4v) is 1.28. The Morgan fingerprint density at radius 1 is 1.06 bits per heavy atom. The van der Waals surface area contributed by atoms with Crippen molar-refractivity contribution in [3.8, 4) is 0 Å². The molecule has 17 heavy (non-hydrogen) atoms. The number of nitrogens with two attached hydrogens (primary N) is 1. The topological polar surface area (TPSA) is 94.7 Å². The van der Waals surface area contributed by atoms with E-state index in [1.807, 2.05) is 24.3 Å². The highest BCUT2D eigenvalue weighted by molar-refractivity contribution is 6.01. The number of rotatable bonds is 3. The highest BCUT2D eigenvalue weighted by atomic mass is 15.3. The first-order valence-electron chi connectivity index (χ1n) is 4.96. The molecule has 0 radical (unpaired) electrons. The molecule has 0 aliphatic carbocycles. The fourth-order valence-electron chi connectivity index (χ4n) is 1.28. The second kappa shape index (κ2) is 4.93. The number of H-pyrrole nitrogens is 2. The van der Waals surface area contributed by atoms with Crippen LogP contribution in [0.15, 0.2) is 51.9 Å². The Morgan fingerprint density at radius 2 is 1.71 bits per heavy atom. The monoisotopic (exact) mass is 228 g/mol. The molecule has 0 aliphatic heterocycles. The number of nitrogens with one attached hydrogen (secondary N) is 2. The van der Waals surface area contributed by atoms with E-state index in [1.54, 1.807) is 12.4 Å². The van der Waals surface area contributed by atoms with Crippen molar-refractivity contribution >= 4 is 18.4 Å². The van der Waals surface area contributed by atoms with Gasteiger partial charge < -0.3 is 15.7 Å². The zero-order valence-corrected chi connectivity index (χ0v) is 9.09. The van der Waals surface area contributed by atoms with E-state index in [1.165, 1.54) is 0 Å². The van der Waals surface area contributed by atoms with Gasteiger partial charge in [0, 0.05) is 12.4 Å². The minimum absolute atomic E-state index is 0.294. The Kier molecular flexibility index (Phi) is 3.15.